The number of fused-ring (bicyclic) bond motifs is 2. The molecular formula is C30H44N8O2. The van der Waals surface area contributed by atoms with Gasteiger partial charge in [-0.25, -0.2) is 4.98 Å². The fourth-order valence-corrected chi connectivity index (χ4v) is 7.02. The number of benzene rings is 1. The van der Waals surface area contributed by atoms with Gasteiger partial charge in [0, 0.05) is 68.6 Å². The predicted molar refractivity (Wildman–Crippen MR) is 157 cm³/mol. The molecule has 2 aromatic rings. The van der Waals surface area contributed by atoms with Gasteiger partial charge in [0.1, 0.15) is 5.69 Å². The number of ether oxygens (including phenoxy) is 1. The molecule has 10 nitrogen and oxygen atoms in total. The van der Waals surface area contributed by atoms with Crippen LogP contribution in [-0.2, 0) is 6.42 Å². The van der Waals surface area contributed by atoms with Gasteiger partial charge < -0.3 is 30.9 Å². The number of hydrogen-bond acceptors (Lipinski definition) is 9. The van der Waals surface area contributed by atoms with E-state index in [-0.39, 0.29) is 5.69 Å². The minimum absolute atomic E-state index is 0.141. The van der Waals surface area contributed by atoms with Gasteiger partial charge in [0.05, 0.1) is 6.61 Å². The summed E-state index contributed by atoms with van der Waals surface area (Å²) < 4.78 is 6.24. The Morgan fingerprint density at radius 2 is 1.80 bits per heavy atom. The average molecular weight is 549 g/mol. The summed E-state index contributed by atoms with van der Waals surface area (Å²) in [6.45, 7) is 10.5. The molecule has 10 heteroatoms. The second-order valence-corrected chi connectivity index (χ2v) is 11.9. The number of piperidine rings is 2. The smallest absolute Gasteiger partial charge is 0.271 e. The maximum absolute atomic E-state index is 12.3. The number of carbonyl (C=O) groups excluding carboxylic acids is 1. The van der Waals surface area contributed by atoms with Crippen LogP contribution in [0, 0.1) is 11.8 Å². The molecule has 1 aromatic heterocycles. The van der Waals surface area contributed by atoms with Crippen LogP contribution in [0.3, 0.4) is 0 Å². The van der Waals surface area contributed by atoms with Crippen LogP contribution in [0.2, 0.25) is 0 Å². The summed E-state index contributed by atoms with van der Waals surface area (Å²) in [5.74, 6) is 1.39. The third-order valence-corrected chi connectivity index (χ3v) is 9.54. The molecule has 0 spiro atoms. The molecule has 1 aliphatic carbocycles. The van der Waals surface area contributed by atoms with Crippen molar-refractivity contribution < 1.29 is 9.53 Å². The fourth-order valence-electron chi connectivity index (χ4n) is 7.02. The topological polar surface area (TPSA) is 112 Å². The summed E-state index contributed by atoms with van der Waals surface area (Å²) in [7, 11) is 2.21. The van der Waals surface area contributed by atoms with Crippen LogP contribution in [0.1, 0.15) is 48.8 Å². The highest BCUT2D eigenvalue weighted by Gasteiger charge is 2.42. The summed E-state index contributed by atoms with van der Waals surface area (Å²) in [6, 6.07) is 9.56. The molecule has 0 radical (unpaired) electrons. The number of nitrogens with zero attached hydrogens (tertiary/aromatic N) is 5. The number of nitrogens with two attached hydrogens (primary N) is 1. The third-order valence-electron chi connectivity index (χ3n) is 9.54. The van der Waals surface area contributed by atoms with Crippen molar-refractivity contribution >= 4 is 23.1 Å². The van der Waals surface area contributed by atoms with Crippen molar-refractivity contribution in [3.63, 3.8) is 0 Å². The Balaban J connectivity index is 1.10. The lowest BCUT2D eigenvalue weighted by atomic mass is 9.99. The molecule has 4 aliphatic rings. The number of rotatable bonds is 9. The second-order valence-electron chi connectivity index (χ2n) is 11.9. The maximum Gasteiger partial charge on any atom is 0.271 e. The number of aryl methyl sites for hydroxylation is 1. The lowest BCUT2D eigenvalue weighted by Crippen LogP contribution is -2.52. The highest BCUT2D eigenvalue weighted by Crippen LogP contribution is 2.37. The number of piperazine rings is 1. The second kappa shape index (κ2) is 11.9. The third kappa shape index (κ3) is 5.75. The van der Waals surface area contributed by atoms with E-state index in [0.717, 1.165) is 25.3 Å². The Morgan fingerprint density at radius 3 is 2.40 bits per heavy atom. The maximum atomic E-state index is 12.3. The number of aromatic nitrogens is 2. The number of nitrogens with one attached hydrogen (secondary N) is 2. The Morgan fingerprint density at radius 1 is 1.05 bits per heavy atom. The first kappa shape index (κ1) is 27.2. The van der Waals surface area contributed by atoms with Crippen molar-refractivity contribution in [2.24, 2.45) is 17.6 Å². The summed E-state index contributed by atoms with van der Waals surface area (Å²) in [5, 5.41) is 6.88. The number of likely N-dealkylation sites (N-methyl/N-ethyl adjacent to an activating group) is 1. The van der Waals surface area contributed by atoms with Gasteiger partial charge >= 0.3 is 0 Å². The zero-order valence-electron chi connectivity index (χ0n) is 23.9. The lowest BCUT2D eigenvalue weighted by Gasteiger charge is -2.42. The molecule has 216 valence electrons. The SMILES string of the molecule is CCc1nc(C(N)=O)c(Nc2ccc(N3CCC(N4CCN(C)CC4)CC3)cc2)nc1OCC1[C@@H]2CC[C@H]1NC2. The normalized spacial score (nSPS) is 25.9. The molecule has 4 heterocycles. The van der Waals surface area contributed by atoms with Gasteiger partial charge in [0.2, 0.25) is 5.88 Å². The van der Waals surface area contributed by atoms with E-state index in [1.807, 2.05) is 19.1 Å². The van der Waals surface area contributed by atoms with Gasteiger partial charge in [-0.05, 0) is 75.9 Å². The van der Waals surface area contributed by atoms with E-state index in [0.29, 0.717) is 54.3 Å². The number of amides is 1. The molecule has 40 heavy (non-hydrogen) atoms. The van der Waals surface area contributed by atoms with Gasteiger partial charge in [0.25, 0.3) is 5.91 Å². The van der Waals surface area contributed by atoms with E-state index in [1.54, 1.807) is 0 Å². The van der Waals surface area contributed by atoms with Crippen molar-refractivity contribution in [3.8, 4) is 5.88 Å². The van der Waals surface area contributed by atoms with Crippen LogP contribution in [0.5, 0.6) is 5.88 Å². The van der Waals surface area contributed by atoms with Crippen molar-refractivity contribution in [2.45, 2.75) is 51.1 Å². The van der Waals surface area contributed by atoms with Crippen LogP contribution in [0.15, 0.2) is 24.3 Å². The minimum Gasteiger partial charge on any atom is -0.476 e. The largest absolute Gasteiger partial charge is 0.476 e. The van der Waals surface area contributed by atoms with Crippen LogP contribution < -0.4 is 26.0 Å². The van der Waals surface area contributed by atoms with E-state index < -0.39 is 5.91 Å². The molecule has 4 fully saturated rings. The summed E-state index contributed by atoms with van der Waals surface area (Å²) in [4.78, 5) is 29.2. The Bertz CT molecular complexity index is 1150. The van der Waals surface area contributed by atoms with Crippen LogP contribution >= 0.6 is 0 Å². The standard InChI is InChI=1S/C30H44N8O2/c1-3-25-30(40-19-24-20-4-9-26(24)32-18-20)35-29(27(34-25)28(31)39)33-21-5-7-22(8-6-21)37-12-10-23(11-13-37)38-16-14-36(2)15-17-38/h5-8,20,23-24,26,32H,3-4,9-19H2,1-2H3,(H2,31,39)(H,33,35)/t20-,24?,26-/m1/s1. The lowest BCUT2D eigenvalue weighted by molar-refractivity contribution is 0.0982. The number of hydrogen-bond donors (Lipinski definition) is 3. The molecule has 2 bridgehead atoms. The summed E-state index contributed by atoms with van der Waals surface area (Å²) in [5.41, 5.74) is 8.56. The monoisotopic (exact) mass is 548 g/mol. The molecule has 3 saturated heterocycles. The highest BCUT2D eigenvalue weighted by molar-refractivity contribution is 5.96. The number of primary amides is 1. The Hall–Kier alpha value is -2.95. The molecule has 4 N–H and O–H groups in total. The zero-order chi connectivity index (χ0) is 27.6. The van der Waals surface area contributed by atoms with Gasteiger partial charge in [-0.3, -0.25) is 9.69 Å². The van der Waals surface area contributed by atoms with E-state index in [1.165, 1.54) is 57.5 Å². The van der Waals surface area contributed by atoms with Crippen molar-refractivity contribution in [2.75, 3.05) is 69.7 Å². The van der Waals surface area contributed by atoms with Crippen LogP contribution in [0.4, 0.5) is 17.2 Å². The number of anilines is 3. The first-order valence-electron chi connectivity index (χ1n) is 15.1. The van der Waals surface area contributed by atoms with E-state index >= 15 is 0 Å². The average Bonchev–Trinajstić information content (AvgIpc) is 3.56. The summed E-state index contributed by atoms with van der Waals surface area (Å²) in [6.07, 6.45) is 5.48. The zero-order valence-corrected chi connectivity index (χ0v) is 23.9. The van der Waals surface area contributed by atoms with E-state index in [4.69, 9.17) is 15.5 Å². The molecule has 1 unspecified atom stereocenters. The van der Waals surface area contributed by atoms with Crippen LogP contribution in [-0.4, -0.2) is 97.2 Å². The fraction of sp³-hybridized carbons (Fsp3) is 0.633. The van der Waals surface area contributed by atoms with Gasteiger partial charge in [-0.1, -0.05) is 6.92 Å². The predicted octanol–water partition coefficient (Wildman–Crippen LogP) is 2.47. The van der Waals surface area contributed by atoms with Gasteiger partial charge in [0.15, 0.2) is 11.5 Å². The Kier molecular flexibility index (Phi) is 8.09. The Labute approximate surface area is 237 Å². The van der Waals surface area contributed by atoms with E-state index in [9.17, 15) is 4.79 Å². The molecule has 1 aromatic carbocycles. The molecule has 1 saturated carbocycles. The highest BCUT2D eigenvalue weighted by atomic mass is 16.5. The molecule has 3 atom stereocenters. The van der Waals surface area contributed by atoms with E-state index in [2.05, 4.69) is 49.5 Å². The van der Waals surface area contributed by atoms with Crippen molar-refractivity contribution in [1.29, 1.82) is 0 Å². The molecule has 3 aliphatic heterocycles. The quantitative estimate of drug-likeness (QED) is 0.435. The van der Waals surface area contributed by atoms with Crippen molar-refractivity contribution in [3.05, 3.63) is 35.7 Å². The van der Waals surface area contributed by atoms with Crippen molar-refractivity contribution in [1.82, 2.24) is 25.1 Å². The first-order chi connectivity index (χ1) is 19.5. The first-order valence-corrected chi connectivity index (χ1v) is 15.1. The van der Waals surface area contributed by atoms with Gasteiger partial charge in [-0.15, -0.1) is 0 Å². The molecular weight excluding hydrogens is 504 g/mol. The molecule has 1 amide bonds. The molecule has 6 rings (SSSR count). The minimum atomic E-state index is -0.603. The number of carbonyl (C=O) groups is 1. The summed E-state index contributed by atoms with van der Waals surface area (Å²) >= 11 is 0. The van der Waals surface area contributed by atoms with Gasteiger partial charge in [-0.2, -0.15) is 4.98 Å². The van der Waals surface area contributed by atoms with Crippen LogP contribution in [0.25, 0.3) is 0 Å².